The third-order valence-electron chi connectivity index (χ3n) is 3.05. The number of carbonyl (C=O) groups excluding carboxylic acids is 1. The van der Waals surface area contributed by atoms with Gasteiger partial charge in [0.05, 0.1) is 25.8 Å². The van der Waals surface area contributed by atoms with Crippen LogP contribution in [0.15, 0.2) is 22.7 Å². The summed E-state index contributed by atoms with van der Waals surface area (Å²) in [5.41, 5.74) is 0.272. The van der Waals surface area contributed by atoms with Gasteiger partial charge in [0.2, 0.25) is 0 Å². The third kappa shape index (κ3) is 4.41. The van der Waals surface area contributed by atoms with E-state index < -0.39 is 5.60 Å². The molecule has 2 rings (SSSR count). The van der Waals surface area contributed by atoms with Crippen molar-refractivity contribution >= 4 is 22.0 Å². The number of hydrogen-bond acceptors (Lipinski definition) is 3. The number of ether oxygens (including phenoxy) is 2. The molecular weight excluding hydrogens is 341 g/mol. The highest BCUT2D eigenvalue weighted by molar-refractivity contribution is 9.10. The minimum absolute atomic E-state index is 0.00296. The van der Waals surface area contributed by atoms with Gasteiger partial charge < -0.3 is 9.47 Å². The zero-order valence-electron chi connectivity index (χ0n) is 12.4. The van der Waals surface area contributed by atoms with Crippen LogP contribution in [-0.2, 0) is 16.0 Å². The van der Waals surface area contributed by atoms with Gasteiger partial charge in [0, 0.05) is 4.47 Å². The Morgan fingerprint density at radius 3 is 2.62 bits per heavy atom. The Bertz CT molecular complexity index is 526. The van der Waals surface area contributed by atoms with Gasteiger partial charge in [-0.2, -0.15) is 0 Å². The molecule has 1 aliphatic rings. The lowest BCUT2D eigenvalue weighted by Gasteiger charge is -2.38. The summed E-state index contributed by atoms with van der Waals surface area (Å²) in [4.78, 5) is 14.0. The molecule has 0 bridgehead atoms. The van der Waals surface area contributed by atoms with Crippen LogP contribution in [0.4, 0.5) is 9.18 Å². The molecule has 1 aromatic rings. The topological polar surface area (TPSA) is 38.8 Å². The van der Waals surface area contributed by atoms with Gasteiger partial charge in [-0.05, 0) is 38.5 Å². The molecule has 4 nitrogen and oxygen atoms in total. The first-order valence-electron chi connectivity index (χ1n) is 6.77. The highest BCUT2D eigenvalue weighted by atomic mass is 79.9. The molecule has 0 aromatic heterocycles. The van der Waals surface area contributed by atoms with E-state index in [0.29, 0.717) is 24.2 Å². The lowest BCUT2D eigenvalue weighted by Crippen LogP contribution is -2.52. The Hall–Kier alpha value is -1.14. The molecule has 0 radical (unpaired) electrons. The predicted molar refractivity (Wildman–Crippen MR) is 80.5 cm³/mol. The van der Waals surface area contributed by atoms with Gasteiger partial charge in [0.25, 0.3) is 0 Å². The van der Waals surface area contributed by atoms with Crippen molar-refractivity contribution in [2.45, 2.75) is 39.0 Å². The van der Waals surface area contributed by atoms with Crippen molar-refractivity contribution in [1.29, 1.82) is 0 Å². The SMILES string of the molecule is CC(C)(C)OC(=O)N(Cc1ccc(F)cc1Br)C1COC1. The van der Waals surface area contributed by atoms with Crippen molar-refractivity contribution in [2.75, 3.05) is 13.2 Å². The van der Waals surface area contributed by atoms with E-state index in [1.807, 2.05) is 20.8 Å². The second-order valence-corrected chi connectivity index (χ2v) is 6.89. The molecule has 1 fully saturated rings. The number of amides is 1. The lowest BCUT2D eigenvalue weighted by molar-refractivity contribution is -0.0731. The molecule has 0 unspecified atom stereocenters. The van der Waals surface area contributed by atoms with Crippen molar-refractivity contribution in [2.24, 2.45) is 0 Å². The Kier molecular flexibility index (Phi) is 4.88. The highest BCUT2D eigenvalue weighted by Crippen LogP contribution is 2.24. The van der Waals surface area contributed by atoms with Crippen molar-refractivity contribution < 1.29 is 18.7 Å². The summed E-state index contributed by atoms with van der Waals surface area (Å²) < 4.78 is 24.4. The molecule has 1 heterocycles. The molecule has 21 heavy (non-hydrogen) atoms. The van der Waals surface area contributed by atoms with E-state index in [2.05, 4.69) is 15.9 Å². The second-order valence-electron chi connectivity index (χ2n) is 6.04. The summed E-state index contributed by atoms with van der Waals surface area (Å²) in [7, 11) is 0. The van der Waals surface area contributed by atoms with Gasteiger partial charge in [0.1, 0.15) is 11.4 Å². The average Bonchev–Trinajstić information content (AvgIpc) is 2.26. The van der Waals surface area contributed by atoms with Gasteiger partial charge in [0.15, 0.2) is 0 Å². The van der Waals surface area contributed by atoms with E-state index >= 15 is 0 Å². The zero-order chi connectivity index (χ0) is 15.6. The maximum absolute atomic E-state index is 13.1. The smallest absolute Gasteiger partial charge is 0.411 e. The Morgan fingerprint density at radius 1 is 1.48 bits per heavy atom. The van der Waals surface area contributed by atoms with E-state index in [9.17, 15) is 9.18 Å². The van der Waals surface area contributed by atoms with Crippen LogP contribution in [-0.4, -0.2) is 35.8 Å². The maximum Gasteiger partial charge on any atom is 0.411 e. The van der Waals surface area contributed by atoms with Crippen LogP contribution in [0.3, 0.4) is 0 Å². The average molecular weight is 360 g/mol. The fourth-order valence-corrected chi connectivity index (χ4v) is 2.38. The van der Waals surface area contributed by atoms with Crippen LogP contribution in [0.2, 0.25) is 0 Å². The van der Waals surface area contributed by atoms with Gasteiger partial charge in [-0.3, -0.25) is 4.90 Å². The van der Waals surface area contributed by atoms with Gasteiger partial charge in [-0.15, -0.1) is 0 Å². The first-order valence-corrected chi connectivity index (χ1v) is 7.57. The van der Waals surface area contributed by atoms with E-state index in [1.165, 1.54) is 12.1 Å². The molecule has 0 N–H and O–H groups in total. The number of carbonyl (C=O) groups is 1. The largest absolute Gasteiger partial charge is 0.444 e. The normalized spacial score (nSPS) is 15.5. The van der Waals surface area contributed by atoms with Crippen molar-refractivity contribution in [3.63, 3.8) is 0 Å². The van der Waals surface area contributed by atoms with Crippen molar-refractivity contribution in [3.05, 3.63) is 34.1 Å². The lowest BCUT2D eigenvalue weighted by atomic mass is 10.1. The summed E-state index contributed by atoms with van der Waals surface area (Å²) in [6.07, 6.45) is -0.382. The summed E-state index contributed by atoms with van der Waals surface area (Å²) in [5.74, 6) is -0.318. The molecule has 6 heteroatoms. The second kappa shape index (κ2) is 6.32. The first kappa shape index (κ1) is 16.2. The standard InChI is InChI=1S/C15H19BrFNO3/c1-15(2,3)21-14(19)18(12-8-20-9-12)7-10-4-5-11(17)6-13(10)16/h4-6,12H,7-9H2,1-3H3. The van der Waals surface area contributed by atoms with Crippen LogP contribution >= 0.6 is 15.9 Å². The van der Waals surface area contributed by atoms with Crippen LogP contribution in [0, 0.1) is 5.82 Å². The zero-order valence-corrected chi connectivity index (χ0v) is 13.9. The number of halogens is 2. The maximum atomic E-state index is 13.1. The Morgan fingerprint density at radius 2 is 2.14 bits per heavy atom. The molecule has 0 aliphatic carbocycles. The molecule has 0 saturated carbocycles. The number of rotatable bonds is 3. The minimum atomic E-state index is -0.556. The first-order chi connectivity index (χ1) is 9.76. The van der Waals surface area contributed by atoms with Crippen LogP contribution in [0.1, 0.15) is 26.3 Å². The number of benzene rings is 1. The summed E-state index contributed by atoms with van der Waals surface area (Å²) in [6.45, 7) is 6.83. The fraction of sp³-hybridized carbons (Fsp3) is 0.533. The molecule has 1 aromatic carbocycles. The monoisotopic (exact) mass is 359 g/mol. The summed E-state index contributed by atoms with van der Waals surface area (Å²) in [6, 6.07) is 4.43. The Balaban J connectivity index is 2.14. The van der Waals surface area contributed by atoms with E-state index in [1.54, 1.807) is 11.0 Å². The molecule has 1 saturated heterocycles. The minimum Gasteiger partial charge on any atom is -0.444 e. The number of nitrogens with zero attached hydrogens (tertiary/aromatic N) is 1. The van der Waals surface area contributed by atoms with Gasteiger partial charge in [-0.25, -0.2) is 9.18 Å². The molecule has 1 amide bonds. The van der Waals surface area contributed by atoms with E-state index in [0.717, 1.165) is 5.56 Å². The highest BCUT2D eigenvalue weighted by Gasteiger charge is 2.33. The van der Waals surface area contributed by atoms with Gasteiger partial charge in [-0.1, -0.05) is 22.0 Å². The van der Waals surface area contributed by atoms with Crippen molar-refractivity contribution in [3.8, 4) is 0 Å². The molecule has 0 spiro atoms. The van der Waals surface area contributed by atoms with Crippen LogP contribution in [0.5, 0.6) is 0 Å². The molecule has 1 aliphatic heterocycles. The van der Waals surface area contributed by atoms with Gasteiger partial charge >= 0.3 is 6.09 Å². The summed E-state index contributed by atoms with van der Waals surface area (Å²) in [5, 5.41) is 0. The summed E-state index contributed by atoms with van der Waals surface area (Å²) >= 11 is 3.33. The molecule has 0 atom stereocenters. The third-order valence-corrected chi connectivity index (χ3v) is 3.78. The van der Waals surface area contributed by atoms with E-state index in [4.69, 9.17) is 9.47 Å². The number of hydrogen-bond donors (Lipinski definition) is 0. The Labute approximate surface area is 132 Å². The fourth-order valence-electron chi connectivity index (χ4n) is 1.90. The van der Waals surface area contributed by atoms with E-state index in [-0.39, 0.29) is 18.0 Å². The van der Waals surface area contributed by atoms with Crippen LogP contribution < -0.4 is 0 Å². The van der Waals surface area contributed by atoms with Crippen molar-refractivity contribution in [1.82, 2.24) is 4.90 Å². The predicted octanol–water partition coefficient (Wildman–Crippen LogP) is 3.72. The quantitative estimate of drug-likeness (QED) is 0.825. The van der Waals surface area contributed by atoms with Crippen LogP contribution in [0.25, 0.3) is 0 Å². The molecule has 116 valence electrons. The molecular formula is C15H19BrFNO3.